The maximum Gasteiger partial charge on any atom is 0.337 e. The van der Waals surface area contributed by atoms with Crippen LogP contribution >= 0.6 is 0 Å². The van der Waals surface area contributed by atoms with Gasteiger partial charge in [0.2, 0.25) is 5.79 Å². The first-order valence-electron chi connectivity index (χ1n) is 4.39. The monoisotopic (exact) mass is 204 g/mol. The average molecular weight is 204 g/mol. The molecule has 5 nitrogen and oxygen atoms in total. The van der Waals surface area contributed by atoms with E-state index < -0.39 is 23.6 Å². The minimum atomic E-state index is -1.22. The fourth-order valence-electron chi connectivity index (χ4n) is 1.32. The molecule has 0 N–H and O–H groups in total. The first-order chi connectivity index (χ1) is 6.38. The number of hydrogen-bond donors (Lipinski definition) is 0. The van der Waals surface area contributed by atoms with Gasteiger partial charge in [-0.25, -0.2) is 4.79 Å². The van der Waals surface area contributed by atoms with Crippen LogP contribution in [0.3, 0.4) is 0 Å². The number of rotatable bonds is 2. The molecule has 14 heavy (non-hydrogen) atoms. The Balaban J connectivity index is 2.97. The van der Waals surface area contributed by atoms with Gasteiger partial charge in [0.15, 0.2) is 6.10 Å². The second-order valence-electron chi connectivity index (χ2n) is 3.48. The molecule has 1 aliphatic rings. The number of ether oxygens (including phenoxy) is 4. The summed E-state index contributed by atoms with van der Waals surface area (Å²) in [6.07, 6.45) is -0.650. The second kappa shape index (κ2) is 3.49. The highest BCUT2D eigenvalue weighted by Gasteiger charge is 2.56. The van der Waals surface area contributed by atoms with Crippen molar-refractivity contribution in [1.82, 2.24) is 0 Å². The molecular weight excluding hydrogens is 188 g/mol. The van der Waals surface area contributed by atoms with Crippen molar-refractivity contribution in [2.75, 3.05) is 14.2 Å². The standard InChI is InChI=1S/C9H16O5/c1-6-7(10)14-9(3,12-5)8(2,11-4)13-6/h6H,1-5H3/t6-,8+,9+/m1/s1. The molecule has 5 heteroatoms. The van der Waals surface area contributed by atoms with Gasteiger partial charge in [0, 0.05) is 21.1 Å². The number of carbonyl (C=O) groups is 1. The summed E-state index contributed by atoms with van der Waals surface area (Å²) in [4.78, 5) is 11.3. The summed E-state index contributed by atoms with van der Waals surface area (Å²) in [5, 5.41) is 0. The summed E-state index contributed by atoms with van der Waals surface area (Å²) < 4.78 is 20.8. The van der Waals surface area contributed by atoms with Crippen molar-refractivity contribution in [1.29, 1.82) is 0 Å². The maximum atomic E-state index is 11.3. The van der Waals surface area contributed by atoms with Crippen molar-refractivity contribution in [2.45, 2.75) is 38.4 Å². The topological polar surface area (TPSA) is 54.0 Å². The van der Waals surface area contributed by atoms with E-state index in [-0.39, 0.29) is 0 Å². The largest absolute Gasteiger partial charge is 0.425 e. The van der Waals surface area contributed by atoms with Gasteiger partial charge < -0.3 is 18.9 Å². The van der Waals surface area contributed by atoms with Crippen LogP contribution in [0.2, 0.25) is 0 Å². The molecule has 0 aromatic carbocycles. The van der Waals surface area contributed by atoms with Crippen molar-refractivity contribution in [2.24, 2.45) is 0 Å². The van der Waals surface area contributed by atoms with E-state index in [0.717, 1.165) is 0 Å². The highest BCUT2D eigenvalue weighted by Crippen LogP contribution is 2.36. The Bertz CT molecular complexity index is 241. The average Bonchev–Trinajstić information content (AvgIpc) is 2.15. The van der Waals surface area contributed by atoms with E-state index in [9.17, 15) is 4.79 Å². The third-order valence-corrected chi connectivity index (χ3v) is 2.63. The molecule has 0 amide bonds. The van der Waals surface area contributed by atoms with Gasteiger partial charge >= 0.3 is 5.97 Å². The van der Waals surface area contributed by atoms with E-state index in [1.807, 2.05) is 0 Å². The van der Waals surface area contributed by atoms with E-state index >= 15 is 0 Å². The van der Waals surface area contributed by atoms with Gasteiger partial charge in [-0.05, 0) is 13.8 Å². The Morgan fingerprint density at radius 2 is 1.71 bits per heavy atom. The Labute approximate surface area is 83.3 Å². The van der Waals surface area contributed by atoms with Gasteiger partial charge in [-0.2, -0.15) is 0 Å². The number of esters is 1. The van der Waals surface area contributed by atoms with Crippen molar-refractivity contribution in [3.63, 3.8) is 0 Å². The molecule has 3 atom stereocenters. The molecule has 0 bridgehead atoms. The summed E-state index contributed by atoms with van der Waals surface area (Å²) >= 11 is 0. The molecule has 0 spiro atoms. The summed E-state index contributed by atoms with van der Waals surface area (Å²) in [5.74, 6) is -2.76. The smallest absolute Gasteiger partial charge is 0.337 e. The summed E-state index contributed by atoms with van der Waals surface area (Å²) in [6, 6.07) is 0. The predicted octanol–water partition coefficient (Wildman–Crippen LogP) is 0.673. The first kappa shape index (κ1) is 11.4. The molecule has 0 radical (unpaired) electrons. The van der Waals surface area contributed by atoms with Crippen LogP contribution in [-0.4, -0.2) is 37.9 Å². The van der Waals surface area contributed by atoms with Crippen LogP contribution < -0.4 is 0 Å². The number of carbonyl (C=O) groups excluding carboxylic acids is 1. The van der Waals surface area contributed by atoms with Gasteiger partial charge in [0.1, 0.15) is 0 Å². The lowest BCUT2D eigenvalue weighted by Gasteiger charge is -2.47. The maximum absolute atomic E-state index is 11.3. The van der Waals surface area contributed by atoms with Gasteiger partial charge in [0.05, 0.1) is 0 Å². The molecule has 1 rings (SSSR count). The van der Waals surface area contributed by atoms with Crippen LogP contribution in [0.5, 0.6) is 0 Å². The van der Waals surface area contributed by atoms with Crippen LogP contribution in [0.15, 0.2) is 0 Å². The molecule has 0 aliphatic carbocycles. The van der Waals surface area contributed by atoms with E-state index in [2.05, 4.69) is 0 Å². The SMILES string of the molecule is CO[C@@]1(C)OC(=O)[C@@H](C)O[C@]1(C)OC. The molecule has 1 fully saturated rings. The lowest BCUT2D eigenvalue weighted by molar-refractivity contribution is -0.404. The molecule has 0 saturated carbocycles. The van der Waals surface area contributed by atoms with Gasteiger partial charge in [-0.15, -0.1) is 0 Å². The fourth-order valence-corrected chi connectivity index (χ4v) is 1.32. The number of hydrogen-bond acceptors (Lipinski definition) is 5. The Morgan fingerprint density at radius 1 is 1.21 bits per heavy atom. The van der Waals surface area contributed by atoms with Gasteiger partial charge in [-0.1, -0.05) is 0 Å². The number of cyclic esters (lactones) is 1. The van der Waals surface area contributed by atoms with E-state index in [1.54, 1.807) is 20.8 Å². The zero-order chi connectivity index (χ0) is 11.0. The normalized spacial score (nSPS) is 43.5. The van der Waals surface area contributed by atoms with Gasteiger partial charge in [0.25, 0.3) is 5.79 Å². The van der Waals surface area contributed by atoms with E-state index in [1.165, 1.54) is 14.2 Å². The highest BCUT2D eigenvalue weighted by atomic mass is 16.8. The molecular formula is C9H16O5. The summed E-state index contributed by atoms with van der Waals surface area (Å²) in [7, 11) is 2.91. The van der Waals surface area contributed by atoms with Gasteiger partial charge in [-0.3, -0.25) is 0 Å². The zero-order valence-electron chi connectivity index (χ0n) is 9.12. The minimum absolute atomic E-state index is 0.455. The van der Waals surface area contributed by atoms with Crippen molar-refractivity contribution in [3.8, 4) is 0 Å². The molecule has 1 heterocycles. The van der Waals surface area contributed by atoms with Crippen molar-refractivity contribution < 1.29 is 23.7 Å². The lowest BCUT2D eigenvalue weighted by Crippen LogP contribution is -2.63. The zero-order valence-corrected chi connectivity index (χ0v) is 9.12. The van der Waals surface area contributed by atoms with E-state index in [4.69, 9.17) is 18.9 Å². The first-order valence-corrected chi connectivity index (χ1v) is 4.39. The van der Waals surface area contributed by atoms with Crippen LogP contribution in [0.25, 0.3) is 0 Å². The third-order valence-electron chi connectivity index (χ3n) is 2.63. The Kier molecular flexibility index (Phi) is 2.85. The fraction of sp³-hybridized carbons (Fsp3) is 0.889. The quantitative estimate of drug-likeness (QED) is 0.619. The van der Waals surface area contributed by atoms with Crippen molar-refractivity contribution >= 4 is 5.97 Å². The predicted molar refractivity (Wildman–Crippen MR) is 47.5 cm³/mol. The Morgan fingerprint density at radius 3 is 2.14 bits per heavy atom. The minimum Gasteiger partial charge on any atom is -0.425 e. The molecule has 0 unspecified atom stereocenters. The third kappa shape index (κ3) is 1.51. The molecule has 0 aromatic heterocycles. The van der Waals surface area contributed by atoms with Crippen LogP contribution in [0.4, 0.5) is 0 Å². The summed E-state index contributed by atoms with van der Waals surface area (Å²) in [5.41, 5.74) is 0. The molecule has 82 valence electrons. The van der Waals surface area contributed by atoms with Crippen molar-refractivity contribution in [3.05, 3.63) is 0 Å². The lowest BCUT2D eigenvalue weighted by atomic mass is 10.1. The van der Waals surface area contributed by atoms with Crippen LogP contribution in [0.1, 0.15) is 20.8 Å². The second-order valence-corrected chi connectivity index (χ2v) is 3.48. The highest BCUT2D eigenvalue weighted by molar-refractivity contribution is 5.75. The Hall–Kier alpha value is -0.650. The van der Waals surface area contributed by atoms with Crippen LogP contribution in [-0.2, 0) is 23.7 Å². The molecule has 0 aromatic rings. The number of methoxy groups -OCH3 is 2. The molecule has 1 aliphatic heterocycles. The van der Waals surface area contributed by atoms with E-state index in [0.29, 0.717) is 0 Å². The molecule has 1 saturated heterocycles. The van der Waals surface area contributed by atoms with Crippen LogP contribution in [0, 0.1) is 0 Å². The summed E-state index contributed by atoms with van der Waals surface area (Å²) in [6.45, 7) is 4.87.